The van der Waals surface area contributed by atoms with Gasteiger partial charge in [0.05, 0.1) is 17.9 Å². The van der Waals surface area contributed by atoms with E-state index in [2.05, 4.69) is 10.1 Å². The van der Waals surface area contributed by atoms with Crippen molar-refractivity contribution in [1.82, 2.24) is 4.90 Å². The van der Waals surface area contributed by atoms with Crippen molar-refractivity contribution in [3.05, 3.63) is 47.8 Å². The molecule has 2 heterocycles. The van der Waals surface area contributed by atoms with Crippen LogP contribution in [-0.2, 0) is 4.79 Å². The quantitative estimate of drug-likeness (QED) is 0.679. The Kier molecular flexibility index (Phi) is 5.81. The fourth-order valence-corrected chi connectivity index (χ4v) is 3.29. The lowest BCUT2D eigenvalue weighted by Gasteiger charge is -2.39. The monoisotopic (exact) mass is 454 g/mol. The van der Waals surface area contributed by atoms with Gasteiger partial charge in [-0.05, 0) is 30.3 Å². The molecular formula is C21H18F4N2O5. The molecule has 0 unspecified atom stereocenters. The highest BCUT2D eigenvalue weighted by Crippen LogP contribution is 2.32. The molecule has 32 heavy (non-hydrogen) atoms. The van der Waals surface area contributed by atoms with Crippen molar-refractivity contribution >= 4 is 17.5 Å². The van der Waals surface area contributed by atoms with Gasteiger partial charge in [0.2, 0.25) is 0 Å². The van der Waals surface area contributed by atoms with Crippen LogP contribution in [0.3, 0.4) is 0 Å². The smallest absolute Gasteiger partial charge is 0.422 e. The second-order valence-corrected chi connectivity index (χ2v) is 7.43. The summed E-state index contributed by atoms with van der Waals surface area (Å²) in [7, 11) is 0. The van der Waals surface area contributed by atoms with E-state index in [1.165, 1.54) is 35.2 Å². The molecule has 4 rings (SSSR count). The summed E-state index contributed by atoms with van der Waals surface area (Å²) in [6.45, 7) is -0.598. The number of fused-ring (bicyclic) bond motifs is 1. The number of hydrogen-bond donors (Lipinski definition) is 1. The van der Waals surface area contributed by atoms with Crippen LogP contribution < -0.4 is 19.5 Å². The van der Waals surface area contributed by atoms with Crippen LogP contribution in [0.5, 0.6) is 17.2 Å². The Morgan fingerprint density at radius 2 is 1.78 bits per heavy atom. The van der Waals surface area contributed by atoms with E-state index < -0.39 is 24.5 Å². The Bertz CT molecular complexity index is 1020. The SMILES string of the molecule is O=C1COc2cc(F)c(C(=O)N3CC(COc4ccc(OCC(F)(F)F)cc4)C3)cc2N1. The highest BCUT2D eigenvalue weighted by Gasteiger charge is 2.34. The average molecular weight is 454 g/mol. The lowest BCUT2D eigenvalue weighted by Crippen LogP contribution is -2.52. The van der Waals surface area contributed by atoms with Crippen molar-refractivity contribution in [3.8, 4) is 17.2 Å². The molecule has 0 spiro atoms. The van der Waals surface area contributed by atoms with E-state index in [9.17, 15) is 27.2 Å². The van der Waals surface area contributed by atoms with E-state index in [1.807, 2.05) is 0 Å². The summed E-state index contributed by atoms with van der Waals surface area (Å²) in [4.78, 5) is 25.5. The lowest BCUT2D eigenvalue weighted by molar-refractivity contribution is -0.153. The number of likely N-dealkylation sites (tertiary alicyclic amines) is 1. The molecule has 2 aliphatic heterocycles. The summed E-state index contributed by atoms with van der Waals surface area (Å²) in [6, 6.07) is 8.07. The zero-order valence-electron chi connectivity index (χ0n) is 16.6. The normalized spacial score (nSPS) is 15.9. The van der Waals surface area contributed by atoms with Gasteiger partial charge in [-0.3, -0.25) is 9.59 Å². The first-order valence-electron chi connectivity index (χ1n) is 9.66. The van der Waals surface area contributed by atoms with Crippen LogP contribution in [0.4, 0.5) is 23.2 Å². The predicted octanol–water partition coefficient (Wildman–Crippen LogP) is 3.25. The molecule has 2 amide bonds. The molecule has 1 N–H and O–H groups in total. The minimum absolute atomic E-state index is 0.0174. The Morgan fingerprint density at radius 1 is 1.12 bits per heavy atom. The van der Waals surface area contributed by atoms with E-state index in [-0.39, 0.29) is 47.8 Å². The number of nitrogens with zero attached hydrogens (tertiary/aromatic N) is 1. The number of benzene rings is 2. The molecule has 1 fully saturated rings. The van der Waals surface area contributed by atoms with Crippen LogP contribution in [0.25, 0.3) is 0 Å². The van der Waals surface area contributed by atoms with Crippen molar-refractivity contribution < 1.29 is 41.4 Å². The number of rotatable bonds is 6. The number of nitrogens with one attached hydrogen (secondary N) is 1. The average Bonchev–Trinajstić information content (AvgIpc) is 2.71. The van der Waals surface area contributed by atoms with Crippen LogP contribution in [0.1, 0.15) is 10.4 Å². The van der Waals surface area contributed by atoms with Gasteiger partial charge in [-0.1, -0.05) is 0 Å². The summed E-state index contributed by atoms with van der Waals surface area (Å²) in [5.74, 6) is -0.921. The maximum Gasteiger partial charge on any atom is 0.422 e. The van der Waals surface area contributed by atoms with Crippen molar-refractivity contribution in [3.63, 3.8) is 0 Å². The fourth-order valence-electron chi connectivity index (χ4n) is 3.29. The number of carbonyl (C=O) groups is 2. The van der Waals surface area contributed by atoms with E-state index in [4.69, 9.17) is 9.47 Å². The van der Waals surface area contributed by atoms with Gasteiger partial charge in [0.1, 0.15) is 23.1 Å². The number of halogens is 4. The van der Waals surface area contributed by atoms with Gasteiger partial charge in [0.15, 0.2) is 13.2 Å². The van der Waals surface area contributed by atoms with E-state index in [1.54, 1.807) is 0 Å². The summed E-state index contributed by atoms with van der Waals surface area (Å²) >= 11 is 0. The molecule has 0 saturated carbocycles. The highest BCUT2D eigenvalue weighted by atomic mass is 19.4. The Balaban J connectivity index is 1.26. The van der Waals surface area contributed by atoms with Gasteiger partial charge >= 0.3 is 6.18 Å². The van der Waals surface area contributed by atoms with Crippen molar-refractivity contribution in [1.29, 1.82) is 0 Å². The molecule has 2 aliphatic rings. The molecule has 170 valence electrons. The Morgan fingerprint density at radius 3 is 2.44 bits per heavy atom. The largest absolute Gasteiger partial charge is 0.493 e. The Labute approximate surface area is 179 Å². The topological polar surface area (TPSA) is 77.1 Å². The van der Waals surface area contributed by atoms with Crippen molar-refractivity contribution in [2.24, 2.45) is 5.92 Å². The van der Waals surface area contributed by atoms with Crippen LogP contribution in [-0.4, -0.2) is 55.8 Å². The predicted molar refractivity (Wildman–Crippen MR) is 103 cm³/mol. The highest BCUT2D eigenvalue weighted by molar-refractivity contribution is 6.00. The molecule has 2 aromatic carbocycles. The van der Waals surface area contributed by atoms with Gasteiger partial charge in [0.25, 0.3) is 11.8 Å². The number of alkyl halides is 3. The summed E-state index contributed by atoms with van der Waals surface area (Å²) < 4.78 is 66.2. The molecule has 0 aromatic heterocycles. The standard InChI is InChI=1S/C21H18F4N2O5/c22-16-6-18-17(26-19(28)10-31-18)5-15(16)20(29)27-7-12(8-27)9-30-13-1-3-14(4-2-13)32-11-21(23,24)25/h1-6,12H,7-11H2,(H,26,28). The number of hydrogen-bond acceptors (Lipinski definition) is 5. The number of anilines is 1. The molecule has 0 atom stereocenters. The van der Waals surface area contributed by atoms with E-state index in [0.717, 1.165) is 6.07 Å². The number of ether oxygens (including phenoxy) is 3. The maximum atomic E-state index is 14.3. The molecule has 11 heteroatoms. The number of amides is 2. The molecule has 0 bridgehead atoms. The van der Waals surface area contributed by atoms with Crippen LogP contribution >= 0.6 is 0 Å². The third-order valence-corrected chi connectivity index (χ3v) is 4.89. The van der Waals surface area contributed by atoms with Gasteiger partial charge < -0.3 is 24.4 Å². The minimum Gasteiger partial charge on any atom is -0.493 e. The van der Waals surface area contributed by atoms with Gasteiger partial charge in [-0.2, -0.15) is 13.2 Å². The second kappa shape index (κ2) is 8.56. The lowest BCUT2D eigenvalue weighted by atomic mass is 9.99. The van der Waals surface area contributed by atoms with Crippen molar-refractivity contribution in [2.75, 3.05) is 38.2 Å². The molecule has 0 radical (unpaired) electrons. The van der Waals surface area contributed by atoms with Gasteiger partial charge in [-0.15, -0.1) is 0 Å². The zero-order chi connectivity index (χ0) is 22.9. The first-order chi connectivity index (χ1) is 15.2. The third kappa shape index (κ3) is 5.04. The summed E-state index contributed by atoms with van der Waals surface area (Å²) in [5.41, 5.74) is 0.0810. The second-order valence-electron chi connectivity index (χ2n) is 7.43. The minimum atomic E-state index is -4.41. The van der Waals surface area contributed by atoms with Crippen LogP contribution in [0, 0.1) is 11.7 Å². The van der Waals surface area contributed by atoms with Gasteiger partial charge in [-0.25, -0.2) is 4.39 Å². The molecule has 0 aliphatic carbocycles. The summed E-state index contributed by atoms with van der Waals surface area (Å²) in [5, 5.41) is 2.54. The molecule has 7 nitrogen and oxygen atoms in total. The zero-order valence-corrected chi connectivity index (χ0v) is 16.6. The molecule has 2 aromatic rings. The molecule has 1 saturated heterocycles. The fraction of sp³-hybridized carbons (Fsp3) is 0.333. The molecular weight excluding hydrogens is 436 g/mol. The number of carbonyl (C=O) groups excluding carboxylic acids is 2. The maximum absolute atomic E-state index is 14.3. The van der Waals surface area contributed by atoms with Gasteiger partial charge in [0, 0.05) is 25.1 Å². The summed E-state index contributed by atoms with van der Waals surface area (Å²) in [6.07, 6.45) is -4.41. The van der Waals surface area contributed by atoms with E-state index >= 15 is 0 Å². The Hall–Kier alpha value is -3.50. The van der Waals surface area contributed by atoms with Crippen LogP contribution in [0.15, 0.2) is 36.4 Å². The first kappa shape index (κ1) is 21.7. The first-order valence-corrected chi connectivity index (χ1v) is 9.66. The van der Waals surface area contributed by atoms with E-state index in [0.29, 0.717) is 18.8 Å². The third-order valence-electron chi connectivity index (χ3n) is 4.89. The van der Waals surface area contributed by atoms with Crippen LogP contribution in [0.2, 0.25) is 0 Å². The van der Waals surface area contributed by atoms with Crippen molar-refractivity contribution in [2.45, 2.75) is 6.18 Å².